The Morgan fingerprint density at radius 1 is 1.32 bits per heavy atom. The lowest BCUT2D eigenvalue weighted by Crippen LogP contribution is -2.44. The second-order valence-electron chi connectivity index (χ2n) is 4.95. The number of benzene rings is 1. The zero-order valence-corrected chi connectivity index (χ0v) is 11.9. The minimum atomic E-state index is 0.317. The Bertz CT molecular complexity index is 415. The molecule has 2 N–H and O–H groups in total. The normalized spacial score (nSPS) is 16.5. The van der Waals surface area contributed by atoms with Crippen molar-refractivity contribution in [2.75, 3.05) is 39.8 Å². The molecule has 0 spiro atoms. The van der Waals surface area contributed by atoms with E-state index < -0.39 is 0 Å². The second kappa shape index (κ2) is 6.78. The molecule has 0 amide bonds. The number of phenols is 1. The summed E-state index contributed by atoms with van der Waals surface area (Å²) in [6.07, 6.45) is 1.82. The summed E-state index contributed by atoms with van der Waals surface area (Å²) >= 11 is 0. The summed E-state index contributed by atoms with van der Waals surface area (Å²) < 4.78 is 5.20. The monoisotopic (exact) mass is 264 g/mol. The van der Waals surface area contributed by atoms with Gasteiger partial charge in [-0.15, -0.1) is 0 Å². The Morgan fingerprint density at radius 3 is 2.68 bits per heavy atom. The predicted octanol–water partition coefficient (Wildman–Crippen LogP) is 1.41. The molecule has 1 aromatic rings. The molecule has 1 saturated heterocycles. The maximum Gasteiger partial charge on any atom is 0.161 e. The van der Waals surface area contributed by atoms with Crippen LogP contribution in [0.3, 0.4) is 0 Å². The van der Waals surface area contributed by atoms with E-state index in [1.165, 1.54) is 5.56 Å². The maximum absolute atomic E-state index is 10.3. The Kier molecular flexibility index (Phi) is 5.05. The fraction of sp³-hybridized carbons (Fsp3) is 0.600. The molecule has 0 aromatic heterocycles. The fourth-order valence-electron chi connectivity index (χ4n) is 2.64. The summed E-state index contributed by atoms with van der Waals surface area (Å²) in [6.45, 7) is 7.42. The average Bonchev–Trinajstić information content (AvgIpc) is 2.46. The van der Waals surface area contributed by atoms with E-state index in [1.807, 2.05) is 6.07 Å². The number of aryl methyl sites for hydroxylation is 1. The van der Waals surface area contributed by atoms with Gasteiger partial charge in [-0.1, -0.05) is 13.0 Å². The Morgan fingerprint density at radius 2 is 2.05 bits per heavy atom. The van der Waals surface area contributed by atoms with Crippen LogP contribution in [-0.2, 0) is 12.8 Å². The molecule has 0 saturated carbocycles. The van der Waals surface area contributed by atoms with Crippen LogP contribution >= 0.6 is 0 Å². The first kappa shape index (κ1) is 14.2. The van der Waals surface area contributed by atoms with Crippen molar-refractivity contribution in [2.45, 2.75) is 19.8 Å². The van der Waals surface area contributed by atoms with Gasteiger partial charge >= 0.3 is 0 Å². The van der Waals surface area contributed by atoms with E-state index in [0.717, 1.165) is 51.1 Å². The number of piperazine rings is 1. The third-order valence-electron chi connectivity index (χ3n) is 3.83. The number of hydrogen-bond acceptors (Lipinski definition) is 4. The number of nitrogens with one attached hydrogen (secondary N) is 1. The van der Waals surface area contributed by atoms with Crippen molar-refractivity contribution in [3.63, 3.8) is 0 Å². The smallest absolute Gasteiger partial charge is 0.161 e. The number of aromatic hydroxyl groups is 1. The highest BCUT2D eigenvalue weighted by atomic mass is 16.5. The number of nitrogens with zero attached hydrogens (tertiary/aromatic N) is 1. The van der Waals surface area contributed by atoms with Gasteiger partial charge in [-0.3, -0.25) is 0 Å². The van der Waals surface area contributed by atoms with Gasteiger partial charge in [-0.2, -0.15) is 0 Å². The van der Waals surface area contributed by atoms with Crippen molar-refractivity contribution in [1.29, 1.82) is 0 Å². The molecule has 1 aromatic carbocycles. The van der Waals surface area contributed by atoms with Crippen molar-refractivity contribution in [3.05, 3.63) is 23.3 Å². The van der Waals surface area contributed by atoms with Crippen molar-refractivity contribution in [3.8, 4) is 11.5 Å². The van der Waals surface area contributed by atoms with Gasteiger partial charge in [-0.25, -0.2) is 0 Å². The van der Waals surface area contributed by atoms with Crippen molar-refractivity contribution in [1.82, 2.24) is 10.2 Å². The van der Waals surface area contributed by atoms with E-state index in [4.69, 9.17) is 4.74 Å². The van der Waals surface area contributed by atoms with Crippen LogP contribution in [0.25, 0.3) is 0 Å². The summed E-state index contributed by atoms with van der Waals surface area (Å²) in [7, 11) is 1.60. The lowest BCUT2D eigenvalue weighted by Gasteiger charge is -2.27. The quantitative estimate of drug-likeness (QED) is 0.844. The van der Waals surface area contributed by atoms with Gasteiger partial charge in [0.2, 0.25) is 0 Å². The first-order valence-electron chi connectivity index (χ1n) is 7.07. The topological polar surface area (TPSA) is 44.7 Å². The highest BCUT2D eigenvalue weighted by Crippen LogP contribution is 2.33. The molecule has 4 heteroatoms. The number of rotatable bonds is 5. The van der Waals surface area contributed by atoms with E-state index in [-0.39, 0.29) is 0 Å². The van der Waals surface area contributed by atoms with Crippen LogP contribution in [0.5, 0.6) is 11.5 Å². The molecule has 19 heavy (non-hydrogen) atoms. The first-order chi connectivity index (χ1) is 9.26. The summed E-state index contributed by atoms with van der Waals surface area (Å²) in [5.74, 6) is 0.893. The number of phenolic OH excluding ortho intramolecular Hbond substituents is 1. The average molecular weight is 264 g/mol. The molecule has 2 rings (SSSR count). The van der Waals surface area contributed by atoms with Gasteiger partial charge in [-0.05, 0) is 24.5 Å². The molecular weight excluding hydrogens is 240 g/mol. The van der Waals surface area contributed by atoms with E-state index >= 15 is 0 Å². The van der Waals surface area contributed by atoms with Crippen LogP contribution in [0.15, 0.2) is 12.1 Å². The Hall–Kier alpha value is -1.26. The molecule has 4 nitrogen and oxygen atoms in total. The maximum atomic E-state index is 10.3. The van der Waals surface area contributed by atoms with Crippen LogP contribution in [-0.4, -0.2) is 49.8 Å². The van der Waals surface area contributed by atoms with Gasteiger partial charge < -0.3 is 20.1 Å². The van der Waals surface area contributed by atoms with E-state index in [2.05, 4.69) is 23.2 Å². The zero-order valence-electron chi connectivity index (χ0n) is 11.9. The van der Waals surface area contributed by atoms with Gasteiger partial charge in [0, 0.05) is 38.3 Å². The van der Waals surface area contributed by atoms with Gasteiger partial charge in [0.25, 0.3) is 0 Å². The molecule has 1 aliphatic heterocycles. The zero-order chi connectivity index (χ0) is 13.7. The van der Waals surface area contributed by atoms with Crippen molar-refractivity contribution < 1.29 is 9.84 Å². The third-order valence-corrected chi connectivity index (χ3v) is 3.83. The molecule has 1 aliphatic rings. The SMILES string of the molecule is CCc1ccc(OC)c(O)c1CCN1CCNCC1. The first-order valence-corrected chi connectivity index (χ1v) is 7.07. The molecule has 106 valence electrons. The molecule has 1 fully saturated rings. The second-order valence-corrected chi connectivity index (χ2v) is 4.95. The third kappa shape index (κ3) is 3.39. The molecule has 0 radical (unpaired) electrons. The van der Waals surface area contributed by atoms with Crippen LogP contribution in [0.4, 0.5) is 0 Å². The summed E-state index contributed by atoms with van der Waals surface area (Å²) in [6, 6.07) is 3.91. The van der Waals surface area contributed by atoms with Crippen LogP contribution < -0.4 is 10.1 Å². The van der Waals surface area contributed by atoms with Gasteiger partial charge in [0.15, 0.2) is 11.5 Å². The minimum absolute atomic E-state index is 0.317. The van der Waals surface area contributed by atoms with Crippen LogP contribution in [0, 0.1) is 0 Å². The van der Waals surface area contributed by atoms with Crippen molar-refractivity contribution in [2.24, 2.45) is 0 Å². The van der Waals surface area contributed by atoms with Gasteiger partial charge in [0.05, 0.1) is 7.11 Å². The fourth-order valence-corrected chi connectivity index (χ4v) is 2.64. The lowest BCUT2D eigenvalue weighted by molar-refractivity contribution is 0.242. The summed E-state index contributed by atoms with van der Waals surface area (Å²) in [5, 5.41) is 13.6. The lowest BCUT2D eigenvalue weighted by atomic mass is 10.00. The van der Waals surface area contributed by atoms with Gasteiger partial charge in [0.1, 0.15) is 0 Å². The minimum Gasteiger partial charge on any atom is -0.504 e. The Labute approximate surface area is 115 Å². The van der Waals surface area contributed by atoms with Crippen molar-refractivity contribution >= 4 is 0 Å². The van der Waals surface area contributed by atoms with E-state index in [1.54, 1.807) is 7.11 Å². The number of methoxy groups -OCH3 is 1. The summed E-state index contributed by atoms with van der Waals surface area (Å²) in [4.78, 5) is 2.44. The largest absolute Gasteiger partial charge is 0.504 e. The number of hydrogen-bond donors (Lipinski definition) is 2. The predicted molar refractivity (Wildman–Crippen MR) is 77.1 cm³/mol. The van der Waals surface area contributed by atoms with E-state index in [0.29, 0.717) is 11.5 Å². The molecule has 0 unspecified atom stereocenters. The number of ether oxygens (including phenoxy) is 1. The highest BCUT2D eigenvalue weighted by molar-refractivity contribution is 5.50. The molecule has 0 bridgehead atoms. The standard InChI is InChI=1S/C15H24N2O2/c1-3-12-4-5-14(19-2)15(18)13(12)6-9-17-10-7-16-8-11-17/h4-5,16,18H,3,6-11H2,1-2H3. The summed E-state index contributed by atoms with van der Waals surface area (Å²) in [5.41, 5.74) is 2.26. The van der Waals surface area contributed by atoms with Crippen LogP contribution in [0.2, 0.25) is 0 Å². The molecule has 1 heterocycles. The molecular formula is C15H24N2O2. The van der Waals surface area contributed by atoms with E-state index in [9.17, 15) is 5.11 Å². The van der Waals surface area contributed by atoms with Crippen LogP contribution in [0.1, 0.15) is 18.1 Å². The molecule has 0 atom stereocenters. The Balaban J connectivity index is 2.08. The molecule has 0 aliphatic carbocycles. The highest BCUT2D eigenvalue weighted by Gasteiger charge is 2.15.